The first kappa shape index (κ1) is 13.5. The van der Waals surface area contributed by atoms with E-state index < -0.39 is 0 Å². The Morgan fingerprint density at radius 3 is 2.29 bits per heavy atom. The summed E-state index contributed by atoms with van der Waals surface area (Å²) in [7, 11) is 0. The third kappa shape index (κ3) is 4.12. The molecule has 0 amide bonds. The van der Waals surface area contributed by atoms with E-state index in [1.54, 1.807) is 0 Å². The van der Waals surface area contributed by atoms with Crippen molar-refractivity contribution in [3.8, 4) is 0 Å². The average molecular weight is 200 g/mol. The van der Waals surface area contributed by atoms with Crippen molar-refractivity contribution in [3.63, 3.8) is 0 Å². The van der Waals surface area contributed by atoms with Crippen molar-refractivity contribution < 1.29 is 9.53 Å². The van der Waals surface area contributed by atoms with Gasteiger partial charge in [-0.2, -0.15) is 0 Å². The van der Waals surface area contributed by atoms with E-state index in [0.717, 1.165) is 19.3 Å². The molecule has 0 aliphatic heterocycles. The van der Waals surface area contributed by atoms with E-state index in [2.05, 4.69) is 20.8 Å². The van der Waals surface area contributed by atoms with Gasteiger partial charge >= 0.3 is 5.97 Å². The monoisotopic (exact) mass is 200 g/mol. The Hall–Kier alpha value is -0.530. The average Bonchev–Trinajstić information content (AvgIpc) is 2.03. The molecule has 0 radical (unpaired) electrons. The molecule has 2 heteroatoms. The van der Waals surface area contributed by atoms with Crippen molar-refractivity contribution in [3.05, 3.63) is 0 Å². The Kier molecular flexibility index (Phi) is 5.82. The van der Waals surface area contributed by atoms with E-state index in [9.17, 15) is 4.79 Å². The van der Waals surface area contributed by atoms with Crippen LogP contribution in [0.15, 0.2) is 0 Å². The van der Waals surface area contributed by atoms with E-state index in [0.29, 0.717) is 12.5 Å². The van der Waals surface area contributed by atoms with Gasteiger partial charge in [0, 0.05) is 0 Å². The molecule has 0 saturated carbocycles. The van der Waals surface area contributed by atoms with Crippen LogP contribution >= 0.6 is 0 Å². The fraction of sp³-hybridized carbons (Fsp3) is 0.917. The normalized spacial score (nSPS) is 15.3. The second kappa shape index (κ2) is 6.05. The number of rotatable bonds is 6. The van der Waals surface area contributed by atoms with Gasteiger partial charge in [0.15, 0.2) is 0 Å². The summed E-state index contributed by atoms with van der Waals surface area (Å²) in [6.45, 7) is 10.8. The van der Waals surface area contributed by atoms with E-state index in [1.165, 1.54) is 0 Å². The minimum Gasteiger partial charge on any atom is -0.466 e. The summed E-state index contributed by atoms with van der Waals surface area (Å²) < 4.78 is 5.12. The topological polar surface area (TPSA) is 26.3 Å². The molecule has 0 saturated heterocycles. The lowest BCUT2D eigenvalue weighted by Gasteiger charge is -2.28. The van der Waals surface area contributed by atoms with Crippen LogP contribution in [0.1, 0.15) is 53.9 Å². The first-order valence-corrected chi connectivity index (χ1v) is 5.63. The van der Waals surface area contributed by atoms with Crippen LogP contribution in [0.4, 0.5) is 0 Å². The zero-order valence-corrected chi connectivity index (χ0v) is 10.2. The van der Waals surface area contributed by atoms with Gasteiger partial charge in [-0.25, -0.2) is 0 Å². The highest BCUT2D eigenvalue weighted by Gasteiger charge is 2.34. The highest BCUT2D eigenvalue weighted by atomic mass is 16.5. The molecule has 0 fully saturated rings. The second-order valence-electron chi connectivity index (χ2n) is 4.63. The molecular formula is C12H24O2. The summed E-state index contributed by atoms with van der Waals surface area (Å²) in [5, 5.41) is 0. The van der Waals surface area contributed by atoms with Crippen LogP contribution in [0.25, 0.3) is 0 Å². The summed E-state index contributed by atoms with van der Waals surface area (Å²) in [6.07, 6.45) is 2.87. The van der Waals surface area contributed by atoms with E-state index in [4.69, 9.17) is 4.74 Å². The number of carbonyl (C=O) groups excluding carboxylic acids is 1. The highest BCUT2D eigenvalue weighted by molar-refractivity contribution is 5.76. The molecule has 0 bridgehead atoms. The zero-order chi connectivity index (χ0) is 11.2. The molecule has 0 N–H and O–H groups in total. The Bertz CT molecular complexity index is 175. The smallest absolute Gasteiger partial charge is 0.311 e. The third-order valence-corrected chi connectivity index (χ3v) is 2.43. The maximum Gasteiger partial charge on any atom is 0.311 e. The summed E-state index contributed by atoms with van der Waals surface area (Å²) in [4.78, 5) is 11.8. The Morgan fingerprint density at radius 2 is 1.93 bits per heavy atom. The number of esters is 1. The van der Waals surface area contributed by atoms with E-state index in [1.807, 2.05) is 13.8 Å². The molecule has 1 unspecified atom stereocenters. The highest BCUT2D eigenvalue weighted by Crippen LogP contribution is 2.32. The summed E-state index contributed by atoms with van der Waals surface area (Å²) >= 11 is 0. The number of hydrogen-bond acceptors (Lipinski definition) is 2. The molecule has 0 aromatic heterocycles. The van der Waals surface area contributed by atoms with Gasteiger partial charge in [0.25, 0.3) is 0 Å². The Balaban J connectivity index is 4.43. The Morgan fingerprint density at radius 1 is 1.36 bits per heavy atom. The number of hydrogen-bond donors (Lipinski definition) is 0. The summed E-state index contributed by atoms with van der Waals surface area (Å²) in [5.41, 5.74) is -0.279. The molecule has 0 heterocycles. The van der Waals surface area contributed by atoms with Gasteiger partial charge in [-0.1, -0.05) is 27.2 Å². The molecule has 0 aromatic rings. The first-order valence-electron chi connectivity index (χ1n) is 5.63. The maximum atomic E-state index is 11.8. The van der Waals surface area contributed by atoms with Crippen molar-refractivity contribution in [2.75, 3.05) is 6.61 Å². The van der Waals surface area contributed by atoms with Gasteiger partial charge in [-0.3, -0.25) is 4.79 Å². The van der Waals surface area contributed by atoms with E-state index >= 15 is 0 Å². The molecule has 1 atom stereocenters. The molecule has 84 valence electrons. The lowest BCUT2D eigenvalue weighted by molar-refractivity contribution is -0.156. The Labute approximate surface area is 88.0 Å². The molecule has 0 rings (SSSR count). The molecule has 0 aromatic carbocycles. The van der Waals surface area contributed by atoms with Crippen LogP contribution in [-0.4, -0.2) is 12.6 Å². The number of carbonyl (C=O) groups is 1. The van der Waals surface area contributed by atoms with Crippen LogP contribution in [0, 0.1) is 11.3 Å². The lowest BCUT2D eigenvalue weighted by atomic mass is 9.78. The molecule has 14 heavy (non-hydrogen) atoms. The van der Waals surface area contributed by atoms with Crippen molar-refractivity contribution in [1.29, 1.82) is 0 Å². The van der Waals surface area contributed by atoms with Gasteiger partial charge in [0.05, 0.1) is 12.0 Å². The predicted molar refractivity (Wildman–Crippen MR) is 59.1 cm³/mol. The third-order valence-electron chi connectivity index (χ3n) is 2.43. The van der Waals surface area contributed by atoms with Gasteiger partial charge in [0.2, 0.25) is 0 Å². The lowest BCUT2D eigenvalue weighted by Crippen LogP contribution is -2.31. The maximum absolute atomic E-state index is 11.8. The van der Waals surface area contributed by atoms with Gasteiger partial charge in [-0.05, 0) is 32.6 Å². The fourth-order valence-electron chi connectivity index (χ4n) is 2.05. The predicted octanol–water partition coefficient (Wildman–Crippen LogP) is 3.40. The van der Waals surface area contributed by atoms with Crippen LogP contribution in [0.5, 0.6) is 0 Å². The fourth-order valence-corrected chi connectivity index (χ4v) is 2.05. The molecule has 0 aliphatic carbocycles. The zero-order valence-electron chi connectivity index (χ0n) is 10.2. The van der Waals surface area contributed by atoms with Crippen LogP contribution in [0.3, 0.4) is 0 Å². The molecule has 2 nitrogen and oxygen atoms in total. The van der Waals surface area contributed by atoms with Crippen LogP contribution in [0.2, 0.25) is 0 Å². The SMILES string of the molecule is CCCC(C)(CC(C)C)C(=O)OCC. The minimum absolute atomic E-state index is 0.0319. The van der Waals surface area contributed by atoms with Crippen LogP contribution < -0.4 is 0 Å². The largest absolute Gasteiger partial charge is 0.466 e. The molecule has 0 aliphatic rings. The first-order chi connectivity index (χ1) is 6.46. The van der Waals surface area contributed by atoms with Crippen molar-refractivity contribution >= 4 is 5.97 Å². The second-order valence-corrected chi connectivity index (χ2v) is 4.63. The van der Waals surface area contributed by atoms with E-state index in [-0.39, 0.29) is 11.4 Å². The van der Waals surface area contributed by atoms with Gasteiger partial charge in [0.1, 0.15) is 0 Å². The summed E-state index contributed by atoms with van der Waals surface area (Å²) in [6, 6.07) is 0. The van der Waals surface area contributed by atoms with Crippen LogP contribution in [-0.2, 0) is 9.53 Å². The van der Waals surface area contributed by atoms with Gasteiger partial charge < -0.3 is 4.74 Å². The minimum atomic E-state index is -0.279. The molecular weight excluding hydrogens is 176 g/mol. The van der Waals surface area contributed by atoms with Crippen molar-refractivity contribution in [2.24, 2.45) is 11.3 Å². The standard InChI is InChI=1S/C12H24O2/c1-6-8-12(5,9-10(3)4)11(13)14-7-2/h10H,6-9H2,1-5H3. The van der Waals surface area contributed by atoms with Gasteiger partial charge in [-0.15, -0.1) is 0 Å². The quantitative estimate of drug-likeness (QED) is 0.614. The van der Waals surface area contributed by atoms with Crippen molar-refractivity contribution in [2.45, 2.75) is 53.9 Å². The molecule has 0 spiro atoms. The summed E-state index contributed by atoms with van der Waals surface area (Å²) in [5.74, 6) is 0.506. The van der Waals surface area contributed by atoms with Crippen molar-refractivity contribution in [1.82, 2.24) is 0 Å². The number of ether oxygens (including phenoxy) is 1.